The highest BCUT2D eigenvalue weighted by Gasteiger charge is 2.41. The summed E-state index contributed by atoms with van der Waals surface area (Å²) in [5, 5.41) is 0. The number of nitrogen functional groups attached to an aromatic ring is 1. The third-order valence-corrected chi connectivity index (χ3v) is 3.53. The first-order chi connectivity index (χ1) is 6.77. The van der Waals surface area contributed by atoms with Crippen LogP contribution in [-0.4, -0.2) is 6.04 Å². The number of hydrogen-bond acceptors (Lipinski definition) is 3. The van der Waals surface area contributed by atoms with Gasteiger partial charge in [-0.2, -0.15) is 0 Å². The van der Waals surface area contributed by atoms with Crippen molar-refractivity contribution in [2.45, 2.75) is 25.4 Å². The highest BCUT2D eigenvalue weighted by molar-refractivity contribution is 5.55. The van der Waals surface area contributed by atoms with Crippen LogP contribution in [0.2, 0.25) is 0 Å². The Morgan fingerprint density at radius 1 is 1.36 bits per heavy atom. The Kier molecular flexibility index (Phi) is 1.60. The van der Waals surface area contributed by atoms with Crippen LogP contribution in [0.5, 0.6) is 0 Å². The van der Waals surface area contributed by atoms with E-state index in [-0.39, 0.29) is 0 Å². The zero-order valence-electron chi connectivity index (χ0n) is 8.25. The van der Waals surface area contributed by atoms with E-state index in [0.29, 0.717) is 18.0 Å². The van der Waals surface area contributed by atoms with Gasteiger partial charge in [0.2, 0.25) is 0 Å². The molecule has 1 saturated heterocycles. The Labute approximate surface area is 83.7 Å². The number of benzene rings is 1. The largest absolute Gasteiger partial charge is 0.398 e. The SMILES string of the molecule is CC1NNC2c3c(N)cccc3CC12. The van der Waals surface area contributed by atoms with Gasteiger partial charge < -0.3 is 5.73 Å². The molecule has 3 unspecified atom stereocenters. The lowest BCUT2D eigenvalue weighted by molar-refractivity contribution is 0.467. The smallest absolute Gasteiger partial charge is 0.0532 e. The fraction of sp³-hybridized carbons (Fsp3) is 0.455. The molecule has 1 aliphatic carbocycles. The van der Waals surface area contributed by atoms with E-state index in [9.17, 15) is 0 Å². The second-order valence-corrected chi connectivity index (χ2v) is 4.34. The first kappa shape index (κ1) is 8.26. The van der Waals surface area contributed by atoms with Crippen LogP contribution in [-0.2, 0) is 6.42 Å². The van der Waals surface area contributed by atoms with Gasteiger partial charge in [0.05, 0.1) is 6.04 Å². The summed E-state index contributed by atoms with van der Waals surface area (Å²) >= 11 is 0. The van der Waals surface area contributed by atoms with Gasteiger partial charge in [0.25, 0.3) is 0 Å². The molecule has 3 nitrogen and oxygen atoms in total. The Bertz CT molecular complexity index is 375. The number of rotatable bonds is 0. The Balaban J connectivity index is 2.09. The minimum atomic E-state index is 0.418. The summed E-state index contributed by atoms with van der Waals surface area (Å²) in [4.78, 5) is 0. The maximum absolute atomic E-state index is 6.01. The summed E-state index contributed by atoms with van der Waals surface area (Å²) in [6.07, 6.45) is 1.15. The molecule has 1 aromatic carbocycles. The van der Waals surface area contributed by atoms with E-state index < -0.39 is 0 Å². The van der Waals surface area contributed by atoms with E-state index in [1.54, 1.807) is 0 Å². The van der Waals surface area contributed by atoms with Crippen molar-refractivity contribution in [1.29, 1.82) is 0 Å². The zero-order valence-corrected chi connectivity index (χ0v) is 8.25. The fourth-order valence-corrected chi connectivity index (χ4v) is 2.75. The van der Waals surface area contributed by atoms with Gasteiger partial charge in [0.15, 0.2) is 0 Å². The van der Waals surface area contributed by atoms with Crippen LogP contribution in [0.1, 0.15) is 24.1 Å². The van der Waals surface area contributed by atoms with Gasteiger partial charge in [0, 0.05) is 17.6 Å². The zero-order chi connectivity index (χ0) is 9.71. The summed E-state index contributed by atoms with van der Waals surface area (Å²) < 4.78 is 0. The number of nitrogens with two attached hydrogens (primary N) is 1. The van der Waals surface area contributed by atoms with Crippen LogP contribution < -0.4 is 16.6 Å². The monoisotopic (exact) mass is 189 g/mol. The molecule has 0 aromatic heterocycles. The summed E-state index contributed by atoms with van der Waals surface area (Å²) in [6.45, 7) is 2.22. The second kappa shape index (κ2) is 2.72. The molecule has 3 rings (SSSR count). The van der Waals surface area contributed by atoms with Crippen molar-refractivity contribution in [2.24, 2.45) is 5.92 Å². The number of nitrogens with one attached hydrogen (secondary N) is 2. The molecule has 0 spiro atoms. The predicted octanol–water partition coefficient (Wildman–Crippen LogP) is 0.978. The Hall–Kier alpha value is -1.06. The van der Waals surface area contributed by atoms with Gasteiger partial charge in [-0.1, -0.05) is 12.1 Å². The summed E-state index contributed by atoms with van der Waals surface area (Å²) in [7, 11) is 0. The van der Waals surface area contributed by atoms with Crippen LogP contribution >= 0.6 is 0 Å². The molecular formula is C11H15N3. The van der Waals surface area contributed by atoms with Crippen molar-refractivity contribution >= 4 is 5.69 Å². The van der Waals surface area contributed by atoms with Crippen LogP contribution in [0.3, 0.4) is 0 Å². The minimum absolute atomic E-state index is 0.418. The molecule has 1 aromatic rings. The third kappa shape index (κ3) is 0.938. The lowest BCUT2D eigenvalue weighted by Crippen LogP contribution is -2.30. The van der Waals surface area contributed by atoms with Gasteiger partial charge in [0.1, 0.15) is 0 Å². The highest BCUT2D eigenvalue weighted by Crippen LogP contribution is 2.42. The number of hydrazine groups is 1. The van der Waals surface area contributed by atoms with E-state index in [0.717, 1.165) is 12.1 Å². The van der Waals surface area contributed by atoms with Gasteiger partial charge in [-0.25, -0.2) is 5.43 Å². The predicted molar refractivity (Wildman–Crippen MR) is 56.5 cm³/mol. The molecule has 14 heavy (non-hydrogen) atoms. The highest BCUT2D eigenvalue weighted by atomic mass is 15.4. The average molecular weight is 189 g/mol. The molecule has 4 N–H and O–H groups in total. The first-order valence-corrected chi connectivity index (χ1v) is 5.15. The minimum Gasteiger partial charge on any atom is -0.398 e. The summed E-state index contributed by atoms with van der Waals surface area (Å²) in [5.41, 5.74) is 16.3. The summed E-state index contributed by atoms with van der Waals surface area (Å²) in [6, 6.07) is 7.19. The standard InChI is InChI=1S/C11H15N3/c1-6-8-5-7-3-2-4-9(12)10(7)11(8)14-13-6/h2-4,6,8,11,13-14H,5,12H2,1H3. The molecule has 3 atom stereocenters. The Morgan fingerprint density at radius 3 is 3.07 bits per heavy atom. The van der Waals surface area contributed by atoms with Gasteiger partial charge in [-0.05, 0) is 30.5 Å². The van der Waals surface area contributed by atoms with E-state index in [4.69, 9.17) is 5.73 Å². The molecular weight excluding hydrogens is 174 g/mol. The maximum atomic E-state index is 6.01. The van der Waals surface area contributed by atoms with Crippen LogP contribution in [0.15, 0.2) is 18.2 Å². The van der Waals surface area contributed by atoms with Crippen molar-refractivity contribution in [3.8, 4) is 0 Å². The van der Waals surface area contributed by atoms with E-state index in [1.807, 2.05) is 12.1 Å². The number of fused-ring (bicyclic) bond motifs is 3. The number of anilines is 1. The van der Waals surface area contributed by atoms with Gasteiger partial charge in [-0.15, -0.1) is 0 Å². The molecule has 3 heteroatoms. The lowest BCUT2D eigenvalue weighted by atomic mass is 9.96. The van der Waals surface area contributed by atoms with Crippen molar-refractivity contribution < 1.29 is 0 Å². The third-order valence-electron chi connectivity index (χ3n) is 3.53. The van der Waals surface area contributed by atoms with Crippen molar-refractivity contribution in [3.63, 3.8) is 0 Å². The fourth-order valence-electron chi connectivity index (χ4n) is 2.75. The molecule has 0 bridgehead atoms. The molecule has 2 aliphatic rings. The molecule has 0 saturated carbocycles. The van der Waals surface area contributed by atoms with E-state index >= 15 is 0 Å². The Morgan fingerprint density at radius 2 is 2.21 bits per heavy atom. The molecule has 74 valence electrons. The van der Waals surface area contributed by atoms with Crippen molar-refractivity contribution in [2.75, 3.05) is 5.73 Å². The van der Waals surface area contributed by atoms with Crippen LogP contribution in [0.25, 0.3) is 0 Å². The quantitative estimate of drug-likeness (QED) is 0.533. The maximum Gasteiger partial charge on any atom is 0.0532 e. The van der Waals surface area contributed by atoms with Crippen LogP contribution in [0.4, 0.5) is 5.69 Å². The molecule has 0 radical (unpaired) electrons. The van der Waals surface area contributed by atoms with Crippen molar-refractivity contribution in [1.82, 2.24) is 10.9 Å². The topological polar surface area (TPSA) is 50.1 Å². The van der Waals surface area contributed by atoms with E-state index in [2.05, 4.69) is 23.8 Å². The molecule has 1 fully saturated rings. The normalized spacial score (nSPS) is 34.2. The number of hydrogen-bond donors (Lipinski definition) is 3. The summed E-state index contributed by atoms with van der Waals surface area (Å²) in [5.74, 6) is 0.662. The average Bonchev–Trinajstić information content (AvgIpc) is 2.68. The van der Waals surface area contributed by atoms with E-state index in [1.165, 1.54) is 11.1 Å². The van der Waals surface area contributed by atoms with Crippen molar-refractivity contribution in [3.05, 3.63) is 29.3 Å². The van der Waals surface area contributed by atoms with Gasteiger partial charge in [-0.3, -0.25) is 5.43 Å². The first-order valence-electron chi connectivity index (χ1n) is 5.15. The second-order valence-electron chi connectivity index (χ2n) is 4.34. The van der Waals surface area contributed by atoms with Crippen LogP contribution in [0, 0.1) is 5.92 Å². The molecule has 1 aliphatic heterocycles. The molecule has 1 heterocycles. The molecule has 0 amide bonds. The lowest BCUT2D eigenvalue weighted by Gasteiger charge is -2.11. The van der Waals surface area contributed by atoms with Gasteiger partial charge >= 0.3 is 0 Å².